The zero-order valence-corrected chi connectivity index (χ0v) is 9.24. The van der Waals surface area contributed by atoms with Crippen LogP contribution in [0.2, 0.25) is 0 Å². The number of hydrogen-bond acceptors (Lipinski definition) is 3. The molecule has 2 amide bonds. The van der Waals surface area contributed by atoms with E-state index >= 15 is 0 Å². The van der Waals surface area contributed by atoms with E-state index in [1.807, 2.05) is 0 Å². The third kappa shape index (κ3) is 5.90. The molecule has 88 valence electrons. The number of aliphatic carboxylic acids is 1. The van der Waals surface area contributed by atoms with Crippen molar-refractivity contribution in [1.29, 1.82) is 0 Å². The van der Waals surface area contributed by atoms with Crippen molar-refractivity contribution in [3.63, 3.8) is 0 Å². The maximum atomic E-state index is 11.3. The second-order valence-electron chi connectivity index (χ2n) is 3.27. The van der Waals surface area contributed by atoms with Gasteiger partial charge in [-0.15, -0.1) is 0 Å². The molecular weight excluding hydrogens is 200 g/mol. The Morgan fingerprint density at radius 3 is 2.40 bits per heavy atom. The summed E-state index contributed by atoms with van der Waals surface area (Å²) >= 11 is 0. The lowest BCUT2D eigenvalue weighted by molar-refractivity contribution is -0.139. The molecule has 0 aliphatic carbocycles. The Morgan fingerprint density at radius 2 is 2.00 bits per heavy atom. The maximum absolute atomic E-state index is 11.3. The summed E-state index contributed by atoms with van der Waals surface area (Å²) in [4.78, 5) is 21.9. The predicted octanol–water partition coefficient (Wildman–Crippen LogP) is 0.184. The van der Waals surface area contributed by atoms with Crippen LogP contribution in [-0.2, 0) is 9.53 Å². The van der Waals surface area contributed by atoms with Crippen molar-refractivity contribution >= 4 is 12.0 Å². The van der Waals surface area contributed by atoms with Gasteiger partial charge in [0, 0.05) is 7.11 Å². The first kappa shape index (κ1) is 13.7. The van der Waals surface area contributed by atoms with E-state index in [0.29, 0.717) is 13.0 Å². The molecule has 0 bridgehead atoms. The number of hydrogen-bond donors (Lipinski definition) is 3. The SMILES string of the molecule is CC[C@H](NC(=O)NC(C)COC)C(=O)O. The number of carboxylic acid groups (broad SMARTS) is 1. The maximum Gasteiger partial charge on any atom is 0.326 e. The molecule has 1 unspecified atom stereocenters. The highest BCUT2D eigenvalue weighted by Gasteiger charge is 2.18. The lowest BCUT2D eigenvalue weighted by atomic mass is 10.2. The first-order chi connectivity index (χ1) is 7.01. The quantitative estimate of drug-likeness (QED) is 0.593. The average Bonchev–Trinajstić information content (AvgIpc) is 2.13. The van der Waals surface area contributed by atoms with Crippen molar-refractivity contribution in [3.05, 3.63) is 0 Å². The second kappa shape index (κ2) is 7.05. The average molecular weight is 218 g/mol. The Kier molecular flexibility index (Phi) is 6.44. The number of nitrogens with one attached hydrogen (secondary N) is 2. The number of ether oxygens (including phenoxy) is 1. The van der Waals surface area contributed by atoms with E-state index in [9.17, 15) is 9.59 Å². The number of amides is 2. The van der Waals surface area contributed by atoms with Gasteiger partial charge in [-0.05, 0) is 13.3 Å². The van der Waals surface area contributed by atoms with Crippen molar-refractivity contribution in [3.8, 4) is 0 Å². The molecule has 0 aliphatic rings. The number of carbonyl (C=O) groups is 2. The van der Waals surface area contributed by atoms with E-state index in [0.717, 1.165) is 0 Å². The summed E-state index contributed by atoms with van der Waals surface area (Å²) in [5.41, 5.74) is 0. The van der Waals surface area contributed by atoms with Gasteiger partial charge < -0.3 is 20.5 Å². The van der Waals surface area contributed by atoms with Gasteiger partial charge in [-0.25, -0.2) is 9.59 Å². The zero-order valence-electron chi connectivity index (χ0n) is 9.24. The van der Waals surface area contributed by atoms with Crippen LogP contribution in [-0.4, -0.2) is 42.9 Å². The molecule has 6 heteroatoms. The minimum atomic E-state index is -1.04. The van der Waals surface area contributed by atoms with Gasteiger partial charge >= 0.3 is 12.0 Å². The molecule has 0 rings (SSSR count). The highest BCUT2D eigenvalue weighted by molar-refractivity contribution is 5.82. The van der Waals surface area contributed by atoms with Crippen molar-refractivity contribution in [2.75, 3.05) is 13.7 Å². The van der Waals surface area contributed by atoms with Crippen LogP contribution in [0.15, 0.2) is 0 Å². The van der Waals surface area contributed by atoms with Crippen LogP contribution in [0, 0.1) is 0 Å². The lowest BCUT2D eigenvalue weighted by Gasteiger charge is -2.16. The van der Waals surface area contributed by atoms with E-state index < -0.39 is 18.0 Å². The van der Waals surface area contributed by atoms with Crippen molar-refractivity contribution in [2.45, 2.75) is 32.4 Å². The summed E-state index contributed by atoms with van der Waals surface area (Å²) in [6, 6.07) is -1.49. The summed E-state index contributed by atoms with van der Waals surface area (Å²) in [6.45, 7) is 3.85. The molecule has 3 N–H and O–H groups in total. The Balaban J connectivity index is 3.96. The highest BCUT2D eigenvalue weighted by Crippen LogP contribution is 1.91. The molecule has 0 aromatic heterocycles. The smallest absolute Gasteiger partial charge is 0.326 e. The highest BCUT2D eigenvalue weighted by atomic mass is 16.5. The molecule has 0 saturated heterocycles. The normalized spacial score (nSPS) is 14.1. The van der Waals surface area contributed by atoms with Crippen LogP contribution in [0.5, 0.6) is 0 Å². The number of carboxylic acids is 1. The minimum absolute atomic E-state index is 0.152. The molecule has 2 atom stereocenters. The molecule has 6 nitrogen and oxygen atoms in total. The van der Waals surface area contributed by atoms with Crippen molar-refractivity contribution < 1.29 is 19.4 Å². The largest absolute Gasteiger partial charge is 0.480 e. The van der Waals surface area contributed by atoms with Gasteiger partial charge in [0.2, 0.25) is 0 Å². The third-order valence-electron chi connectivity index (χ3n) is 1.81. The molecule has 0 spiro atoms. The Bertz CT molecular complexity index is 220. The molecular formula is C9H18N2O4. The van der Waals surface area contributed by atoms with Gasteiger partial charge in [0.15, 0.2) is 0 Å². The lowest BCUT2D eigenvalue weighted by Crippen LogP contribution is -2.49. The predicted molar refractivity (Wildman–Crippen MR) is 54.7 cm³/mol. The number of carbonyl (C=O) groups excluding carboxylic acids is 1. The second-order valence-corrected chi connectivity index (χ2v) is 3.27. The molecule has 15 heavy (non-hydrogen) atoms. The van der Waals surface area contributed by atoms with Gasteiger partial charge in [-0.3, -0.25) is 0 Å². The van der Waals surface area contributed by atoms with Crippen LogP contribution in [0.3, 0.4) is 0 Å². The standard InChI is InChI=1S/C9H18N2O4/c1-4-7(8(12)13)11-9(14)10-6(2)5-15-3/h6-7H,4-5H2,1-3H3,(H,12,13)(H2,10,11,14)/t6?,7-/m0/s1. The molecule has 0 saturated carbocycles. The van der Waals surface area contributed by atoms with Crippen LogP contribution in [0.1, 0.15) is 20.3 Å². The Morgan fingerprint density at radius 1 is 1.40 bits per heavy atom. The van der Waals surface area contributed by atoms with E-state index in [-0.39, 0.29) is 6.04 Å². The first-order valence-corrected chi connectivity index (χ1v) is 4.80. The summed E-state index contributed by atoms with van der Waals surface area (Å²) in [6.07, 6.45) is 0.349. The fraction of sp³-hybridized carbons (Fsp3) is 0.778. The van der Waals surface area contributed by atoms with E-state index in [1.54, 1.807) is 13.8 Å². The van der Waals surface area contributed by atoms with Crippen molar-refractivity contribution in [2.24, 2.45) is 0 Å². The molecule has 0 radical (unpaired) electrons. The Hall–Kier alpha value is -1.30. The van der Waals surface area contributed by atoms with Crippen molar-refractivity contribution in [1.82, 2.24) is 10.6 Å². The number of rotatable bonds is 6. The van der Waals surface area contributed by atoms with Crippen LogP contribution >= 0.6 is 0 Å². The van der Waals surface area contributed by atoms with Gasteiger partial charge in [0.1, 0.15) is 6.04 Å². The van der Waals surface area contributed by atoms with Gasteiger partial charge in [-0.1, -0.05) is 6.92 Å². The summed E-state index contributed by atoms with van der Waals surface area (Å²) < 4.78 is 4.82. The van der Waals surface area contributed by atoms with E-state index in [4.69, 9.17) is 9.84 Å². The van der Waals surface area contributed by atoms with Gasteiger partial charge in [0.05, 0.1) is 12.6 Å². The van der Waals surface area contributed by atoms with E-state index in [1.165, 1.54) is 7.11 Å². The monoisotopic (exact) mass is 218 g/mol. The molecule has 0 aromatic carbocycles. The first-order valence-electron chi connectivity index (χ1n) is 4.80. The van der Waals surface area contributed by atoms with Gasteiger partial charge in [-0.2, -0.15) is 0 Å². The van der Waals surface area contributed by atoms with Crippen LogP contribution < -0.4 is 10.6 Å². The summed E-state index contributed by atoms with van der Waals surface area (Å²) in [7, 11) is 1.53. The number of methoxy groups -OCH3 is 1. The molecule has 0 aliphatic heterocycles. The van der Waals surface area contributed by atoms with E-state index in [2.05, 4.69) is 10.6 Å². The Labute approximate surface area is 89.0 Å². The topological polar surface area (TPSA) is 87.7 Å². The van der Waals surface area contributed by atoms with Crippen LogP contribution in [0.4, 0.5) is 4.79 Å². The zero-order chi connectivity index (χ0) is 11.8. The molecule has 0 heterocycles. The fourth-order valence-electron chi connectivity index (χ4n) is 1.05. The van der Waals surface area contributed by atoms with Crippen LogP contribution in [0.25, 0.3) is 0 Å². The fourth-order valence-corrected chi connectivity index (χ4v) is 1.05. The third-order valence-corrected chi connectivity index (χ3v) is 1.81. The number of urea groups is 1. The summed E-state index contributed by atoms with van der Waals surface area (Å²) in [5.74, 6) is -1.04. The summed E-state index contributed by atoms with van der Waals surface area (Å²) in [5, 5.41) is 13.6. The minimum Gasteiger partial charge on any atom is -0.480 e. The van der Waals surface area contributed by atoms with Gasteiger partial charge in [0.25, 0.3) is 0 Å². The molecule has 0 aromatic rings. The molecule has 0 fully saturated rings.